The summed E-state index contributed by atoms with van der Waals surface area (Å²) in [7, 11) is -2.87. The first kappa shape index (κ1) is 14.4. The minimum Gasteiger partial charge on any atom is -0.393 e. The predicted molar refractivity (Wildman–Crippen MR) is 44.3 cm³/mol. The van der Waals surface area contributed by atoms with Crippen molar-refractivity contribution in [1.29, 1.82) is 0 Å². The van der Waals surface area contributed by atoms with Gasteiger partial charge in [-0.25, -0.2) is 0 Å². The van der Waals surface area contributed by atoms with Crippen LogP contribution in [0.2, 0.25) is 0 Å². The Balaban J connectivity index is 0. The van der Waals surface area contributed by atoms with E-state index in [1.54, 1.807) is 0 Å². The highest BCUT2D eigenvalue weighted by atomic mass is 35.5. The van der Waals surface area contributed by atoms with Crippen molar-refractivity contribution < 1.29 is 19.5 Å². The van der Waals surface area contributed by atoms with Crippen LogP contribution in [0, 0.1) is 0 Å². The number of aliphatic hydroxyl groups is 1. The van der Waals surface area contributed by atoms with E-state index in [1.807, 2.05) is 0 Å². The lowest BCUT2D eigenvalue weighted by molar-refractivity contribution is 0.287. The Hall–Kier alpha value is 0.850. The van der Waals surface area contributed by atoms with Gasteiger partial charge in [-0.05, 0) is 0 Å². The van der Waals surface area contributed by atoms with Crippen LogP contribution in [0.3, 0.4) is 0 Å². The fraction of sp³-hybridized carbons (Fsp3) is 1.00. The molecule has 0 atom stereocenters. The van der Waals surface area contributed by atoms with Gasteiger partial charge in [0.25, 0.3) is 0 Å². The molecular formula is C3H7Cl3O4P+. The van der Waals surface area contributed by atoms with Gasteiger partial charge in [-0.1, -0.05) is 23.2 Å². The minimum atomic E-state index is -2.87. The molecule has 0 amide bonds. The Morgan fingerprint density at radius 2 is 1.64 bits per heavy atom. The van der Waals surface area contributed by atoms with E-state index in [0.717, 1.165) is 0 Å². The number of hydrogen-bond acceptors (Lipinski definition) is 2. The van der Waals surface area contributed by atoms with Crippen molar-refractivity contribution in [3.05, 3.63) is 0 Å². The highest BCUT2D eigenvalue weighted by Crippen LogP contribution is 2.20. The normalized spacial score (nSPS) is 10.0. The third kappa shape index (κ3) is 18.1. The van der Waals surface area contributed by atoms with Crippen molar-refractivity contribution in [2.24, 2.45) is 0 Å². The van der Waals surface area contributed by atoms with Crippen LogP contribution >= 0.6 is 43.1 Å². The molecule has 0 radical (unpaired) electrons. The molecule has 8 heteroatoms. The highest BCUT2D eigenvalue weighted by molar-refractivity contribution is 7.30. The molecule has 0 aromatic carbocycles. The monoisotopic (exact) mass is 243 g/mol. The van der Waals surface area contributed by atoms with E-state index in [2.05, 4.69) is 0 Å². The lowest BCUT2D eigenvalue weighted by Gasteiger charge is -2.09. The van der Waals surface area contributed by atoms with E-state index in [1.165, 1.54) is 0 Å². The number of rotatable bonds is 2. The average Bonchev–Trinajstić information content (AvgIpc) is 1.87. The van der Waals surface area contributed by atoms with Crippen molar-refractivity contribution in [1.82, 2.24) is 0 Å². The fourth-order valence-electron chi connectivity index (χ4n) is 0.0423. The van der Waals surface area contributed by atoms with Crippen molar-refractivity contribution in [2.45, 2.75) is 4.33 Å². The van der Waals surface area contributed by atoms with E-state index in [-0.39, 0.29) is 12.5 Å². The highest BCUT2D eigenvalue weighted by Gasteiger charge is 2.20. The largest absolute Gasteiger partial charge is 0.692 e. The van der Waals surface area contributed by atoms with Crippen LogP contribution in [-0.4, -0.2) is 31.7 Å². The first-order valence-corrected chi connectivity index (χ1v) is 4.71. The second kappa shape index (κ2) is 7.50. The standard InChI is InChI=1S/C3H5Cl3O.HO3P/c4-1-3(5,6)2-7;1-4(2)3/h7H,1-2H2;(H-,1,2,3)/p+1. The molecule has 4 nitrogen and oxygen atoms in total. The van der Waals surface area contributed by atoms with E-state index < -0.39 is 12.6 Å². The van der Waals surface area contributed by atoms with Gasteiger partial charge in [-0.2, -0.15) is 0 Å². The van der Waals surface area contributed by atoms with Gasteiger partial charge in [0.2, 0.25) is 0 Å². The summed E-state index contributed by atoms with van der Waals surface area (Å²) in [5, 5.41) is 8.25. The number of alkyl halides is 3. The number of halogens is 3. The molecule has 0 aliphatic carbocycles. The fourth-order valence-corrected chi connectivity index (χ4v) is 0.127. The molecule has 0 heterocycles. The Bertz CT molecular complexity index is 109. The summed E-state index contributed by atoms with van der Waals surface area (Å²) < 4.78 is 7.55. The van der Waals surface area contributed by atoms with Crippen molar-refractivity contribution in [3.8, 4) is 0 Å². The van der Waals surface area contributed by atoms with Gasteiger partial charge < -0.3 is 5.11 Å². The molecule has 0 aromatic rings. The summed E-state index contributed by atoms with van der Waals surface area (Å²) in [6.07, 6.45) is 0. The van der Waals surface area contributed by atoms with Gasteiger partial charge >= 0.3 is 8.25 Å². The van der Waals surface area contributed by atoms with Crippen LogP contribution in [0.5, 0.6) is 0 Å². The first-order chi connectivity index (χ1) is 4.85. The average molecular weight is 244 g/mol. The zero-order valence-corrected chi connectivity index (χ0v) is 8.41. The van der Waals surface area contributed by atoms with Gasteiger partial charge in [0.15, 0.2) is 4.33 Å². The third-order valence-electron chi connectivity index (χ3n) is 0.427. The van der Waals surface area contributed by atoms with Gasteiger partial charge in [0, 0.05) is 4.57 Å². The predicted octanol–water partition coefficient (Wildman–Crippen LogP) is 1.02. The molecule has 0 aliphatic rings. The van der Waals surface area contributed by atoms with Crippen LogP contribution in [0.1, 0.15) is 0 Å². The van der Waals surface area contributed by atoms with E-state index in [9.17, 15) is 0 Å². The number of aliphatic hydroxyl groups excluding tert-OH is 1. The van der Waals surface area contributed by atoms with Crippen LogP contribution in [0.25, 0.3) is 0 Å². The smallest absolute Gasteiger partial charge is 0.393 e. The molecule has 0 aromatic heterocycles. The van der Waals surface area contributed by atoms with Crippen molar-refractivity contribution >= 4 is 43.1 Å². The Morgan fingerprint density at radius 1 is 1.36 bits per heavy atom. The van der Waals surface area contributed by atoms with Crippen LogP contribution < -0.4 is 0 Å². The molecule has 0 bridgehead atoms. The van der Waals surface area contributed by atoms with E-state index >= 15 is 0 Å². The second-order valence-electron chi connectivity index (χ2n) is 1.40. The zero-order chi connectivity index (χ0) is 9.49. The lowest BCUT2D eigenvalue weighted by Crippen LogP contribution is -2.19. The van der Waals surface area contributed by atoms with Gasteiger partial charge in [0.05, 0.1) is 12.5 Å². The third-order valence-corrected chi connectivity index (χ3v) is 1.66. The van der Waals surface area contributed by atoms with Gasteiger partial charge in [-0.15, -0.1) is 21.4 Å². The summed E-state index contributed by atoms with van der Waals surface area (Å²) in [6.45, 7) is -0.306. The van der Waals surface area contributed by atoms with Crippen LogP contribution in [0.15, 0.2) is 0 Å². The Kier molecular flexibility index (Phi) is 9.80. The molecular weight excluding hydrogens is 237 g/mol. The Labute approximate surface area is 79.6 Å². The maximum Gasteiger partial charge on any atom is 0.692 e. The van der Waals surface area contributed by atoms with Crippen molar-refractivity contribution in [2.75, 3.05) is 12.5 Å². The first-order valence-electron chi connectivity index (χ1n) is 2.25. The second-order valence-corrected chi connectivity index (χ2v) is 3.81. The molecule has 0 saturated heterocycles. The minimum absolute atomic E-state index is 0.0482. The molecule has 0 rings (SSSR count). The molecule has 3 N–H and O–H groups in total. The summed E-state index contributed by atoms with van der Waals surface area (Å²) in [5.74, 6) is 0.0482. The molecule has 0 unspecified atom stereocenters. The van der Waals surface area contributed by atoms with Gasteiger partial charge in [-0.3, -0.25) is 0 Å². The summed E-state index contributed by atoms with van der Waals surface area (Å²) in [5.41, 5.74) is 0. The molecule has 0 saturated carbocycles. The molecule has 11 heavy (non-hydrogen) atoms. The number of hydrogen-bond donors (Lipinski definition) is 3. The molecule has 0 aliphatic heterocycles. The summed E-state index contributed by atoms with van der Waals surface area (Å²) in [6, 6.07) is 0. The van der Waals surface area contributed by atoms with Gasteiger partial charge in [0.1, 0.15) is 0 Å². The van der Waals surface area contributed by atoms with Crippen molar-refractivity contribution in [3.63, 3.8) is 0 Å². The van der Waals surface area contributed by atoms with Crippen LogP contribution in [0.4, 0.5) is 0 Å². The lowest BCUT2D eigenvalue weighted by atomic mass is 10.5. The Morgan fingerprint density at radius 3 is 1.64 bits per heavy atom. The molecule has 0 fully saturated rings. The quantitative estimate of drug-likeness (QED) is 0.500. The zero-order valence-electron chi connectivity index (χ0n) is 5.25. The summed E-state index contributed by atoms with van der Waals surface area (Å²) in [4.78, 5) is 14.2. The summed E-state index contributed by atoms with van der Waals surface area (Å²) >= 11 is 15.7. The van der Waals surface area contributed by atoms with E-state index in [0.29, 0.717) is 0 Å². The topological polar surface area (TPSA) is 77.8 Å². The maximum atomic E-state index is 8.70. The van der Waals surface area contributed by atoms with Crippen LogP contribution in [-0.2, 0) is 4.57 Å². The maximum absolute atomic E-state index is 8.70. The molecule has 68 valence electrons. The molecule has 0 spiro atoms. The SMILES string of the molecule is O=[P+](O)O.OCC(Cl)(Cl)CCl. The van der Waals surface area contributed by atoms with E-state index in [4.69, 9.17) is 54.3 Å².